The van der Waals surface area contributed by atoms with Crippen molar-refractivity contribution in [3.8, 4) is 0 Å². The lowest BCUT2D eigenvalue weighted by Gasteiger charge is -2.16. The normalized spacial score (nSPS) is 12.0. The van der Waals surface area contributed by atoms with Crippen LogP contribution >= 0.6 is 0 Å². The second-order valence-corrected chi connectivity index (χ2v) is 5.55. The first kappa shape index (κ1) is 12.4. The maximum absolute atomic E-state index is 12.3. The molecule has 0 aliphatic heterocycles. The smallest absolute Gasteiger partial charge is 0.333 e. The third-order valence-electron chi connectivity index (χ3n) is 2.91. The molecule has 5 nitrogen and oxygen atoms in total. The fourth-order valence-corrected chi connectivity index (χ4v) is 1.81. The van der Waals surface area contributed by atoms with Crippen LogP contribution in [0.4, 0.5) is 5.69 Å². The summed E-state index contributed by atoms with van der Waals surface area (Å²) in [4.78, 5) is 26.8. The summed E-state index contributed by atoms with van der Waals surface area (Å²) in [6, 6.07) is 3.44. The summed E-state index contributed by atoms with van der Waals surface area (Å²) >= 11 is 0. The van der Waals surface area contributed by atoms with E-state index in [4.69, 9.17) is 5.73 Å². The number of carbonyl (C=O) groups excluding carboxylic acids is 1. The Balaban J connectivity index is 2.80. The number of aryl methyl sites for hydroxylation is 1. The molecule has 3 N–H and O–H groups in total. The van der Waals surface area contributed by atoms with E-state index in [2.05, 4.69) is 4.98 Å². The van der Waals surface area contributed by atoms with Crippen molar-refractivity contribution in [3.63, 3.8) is 0 Å². The fraction of sp³-hybridized carbons (Fsp3) is 0.385. The zero-order valence-electron chi connectivity index (χ0n) is 11.0. The SMILES string of the molecule is Cc1cc2c(cc1N)[nH]c(=O)n2C(=O)C(C)(C)C. The van der Waals surface area contributed by atoms with Crippen LogP contribution in [0.1, 0.15) is 31.1 Å². The number of anilines is 1. The van der Waals surface area contributed by atoms with Gasteiger partial charge in [0.1, 0.15) is 0 Å². The Hall–Kier alpha value is -2.04. The van der Waals surface area contributed by atoms with Gasteiger partial charge in [-0.25, -0.2) is 9.36 Å². The highest BCUT2D eigenvalue weighted by Gasteiger charge is 2.26. The number of aromatic amines is 1. The van der Waals surface area contributed by atoms with E-state index >= 15 is 0 Å². The molecule has 18 heavy (non-hydrogen) atoms. The molecule has 1 aromatic carbocycles. The number of imidazole rings is 1. The van der Waals surface area contributed by atoms with Crippen LogP contribution in [0, 0.1) is 12.3 Å². The molecule has 0 bridgehead atoms. The lowest BCUT2D eigenvalue weighted by molar-refractivity contribution is 0.0768. The largest absolute Gasteiger partial charge is 0.398 e. The molecular formula is C13H17N3O2. The molecule has 0 spiro atoms. The lowest BCUT2D eigenvalue weighted by Crippen LogP contribution is -2.33. The molecule has 1 aromatic heterocycles. The summed E-state index contributed by atoms with van der Waals surface area (Å²) in [7, 11) is 0. The van der Waals surface area contributed by atoms with Gasteiger partial charge in [0.25, 0.3) is 0 Å². The minimum Gasteiger partial charge on any atom is -0.398 e. The van der Waals surface area contributed by atoms with E-state index < -0.39 is 11.1 Å². The topological polar surface area (TPSA) is 80.9 Å². The molecule has 0 aliphatic carbocycles. The van der Waals surface area contributed by atoms with Gasteiger partial charge in [-0.2, -0.15) is 0 Å². The van der Waals surface area contributed by atoms with Gasteiger partial charge >= 0.3 is 5.69 Å². The molecular weight excluding hydrogens is 230 g/mol. The number of nitrogens with one attached hydrogen (secondary N) is 1. The van der Waals surface area contributed by atoms with Crippen molar-refractivity contribution in [2.24, 2.45) is 5.41 Å². The first-order chi connectivity index (χ1) is 8.21. The number of benzene rings is 1. The number of fused-ring (bicyclic) bond motifs is 1. The Labute approximate surface area is 105 Å². The number of hydrogen-bond acceptors (Lipinski definition) is 3. The second kappa shape index (κ2) is 3.73. The summed E-state index contributed by atoms with van der Waals surface area (Å²) < 4.78 is 1.18. The van der Waals surface area contributed by atoms with E-state index in [9.17, 15) is 9.59 Å². The minimum absolute atomic E-state index is 0.233. The summed E-state index contributed by atoms with van der Waals surface area (Å²) in [5.74, 6) is -0.233. The van der Waals surface area contributed by atoms with Crippen LogP contribution in [-0.2, 0) is 0 Å². The van der Waals surface area contributed by atoms with Crippen LogP contribution in [0.3, 0.4) is 0 Å². The number of nitrogens with zero attached hydrogens (tertiary/aromatic N) is 1. The highest BCUT2D eigenvalue weighted by Crippen LogP contribution is 2.22. The van der Waals surface area contributed by atoms with E-state index in [0.717, 1.165) is 5.56 Å². The van der Waals surface area contributed by atoms with E-state index in [1.54, 1.807) is 32.9 Å². The number of nitrogens with two attached hydrogens (primary N) is 1. The number of hydrogen-bond donors (Lipinski definition) is 2. The first-order valence-electron chi connectivity index (χ1n) is 5.77. The zero-order valence-corrected chi connectivity index (χ0v) is 11.0. The molecule has 96 valence electrons. The third kappa shape index (κ3) is 1.81. The van der Waals surface area contributed by atoms with Crippen LogP contribution in [0.25, 0.3) is 11.0 Å². The van der Waals surface area contributed by atoms with E-state index in [-0.39, 0.29) is 5.91 Å². The molecule has 0 saturated heterocycles. The number of rotatable bonds is 0. The Bertz CT molecular complexity index is 687. The predicted octanol–water partition coefficient (Wildman–Crippen LogP) is 1.91. The van der Waals surface area contributed by atoms with Gasteiger partial charge in [-0.15, -0.1) is 0 Å². The van der Waals surface area contributed by atoms with E-state index in [0.29, 0.717) is 16.7 Å². The average Bonchev–Trinajstić information content (AvgIpc) is 2.52. The van der Waals surface area contributed by atoms with Crippen molar-refractivity contribution in [2.45, 2.75) is 27.7 Å². The zero-order chi connectivity index (χ0) is 13.7. The van der Waals surface area contributed by atoms with Crippen molar-refractivity contribution < 1.29 is 4.79 Å². The molecule has 0 unspecified atom stereocenters. The Morgan fingerprint density at radius 3 is 2.50 bits per heavy atom. The molecule has 0 fully saturated rings. The Kier molecular flexibility index (Phi) is 2.57. The summed E-state index contributed by atoms with van der Waals surface area (Å²) in [5.41, 5.74) is 7.35. The van der Waals surface area contributed by atoms with Crippen molar-refractivity contribution in [1.82, 2.24) is 9.55 Å². The molecule has 1 heterocycles. The molecule has 0 amide bonds. The number of nitrogen functional groups attached to an aromatic ring is 1. The summed E-state index contributed by atoms with van der Waals surface area (Å²) in [6.45, 7) is 7.19. The minimum atomic E-state index is -0.617. The van der Waals surface area contributed by atoms with Crippen LogP contribution in [-0.4, -0.2) is 15.5 Å². The highest BCUT2D eigenvalue weighted by molar-refractivity contribution is 5.94. The van der Waals surface area contributed by atoms with E-state index in [1.807, 2.05) is 6.92 Å². The molecule has 2 rings (SSSR count). The maximum atomic E-state index is 12.3. The number of carbonyl (C=O) groups is 1. The first-order valence-corrected chi connectivity index (χ1v) is 5.77. The van der Waals surface area contributed by atoms with Gasteiger partial charge in [-0.1, -0.05) is 20.8 Å². The summed E-state index contributed by atoms with van der Waals surface area (Å²) in [6.07, 6.45) is 0. The van der Waals surface area contributed by atoms with Gasteiger partial charge in [0.2, 0.25) is 5.91 Å². The quantitative estimate of drug-likeness (QED) is 0.698. The lowest BCUT2D eigenvalue weighted by atomic mass is 9.95. The van der Waals surface area contributed by atoms with Crippen molar-refractivity contribution in [2.75, 3.05) is 5.73 Å². The van der Waals surface area contributed by atoms with Gasteiger partial charge in [0.05, 0.1) is 11.0 Å². The van der Waals surface area contributed by atoms with Crippen LogP contribution in [0.15, 0.2) is 16.9 Å². The number of H-pyrrole nitrogens is 1. The standard InChI is InChI=1S/C13H17N3O2/c1-7-5-10-9(6-8(7)14)15-12(18)16(10)11(17)13(2,3)4/h5-6H,14H2,1-4H3,(H,15,18). The molecule has 0 saturated carbocycles. The maximum Gasteiger partial charge on any atom is 0.333 e. The van der Waals surface area contributed by atoms with Crippen LogP contribution in [0.5, 0.6) is 0 Å². The van der Waals surface area contributed by atoms with Crippen LogP contribution in [0.2, 0.25) is 0 Å². The Morgan fingerprint density at radius 1 is 1.33 bits per heavy atom. The fourth-order valence-electron chi connectivity index (χ4n) is 1.81. The van der Waals surface area contributed by atoms with E-state index in [1.165, 1.54) is 4.57 Å². The highest BCUT2D eigenvalue weighted by atomic mass is 16.2. The molecule has 0 radical (unpaired) electrons. The Morgan fingerprint density at radius 2 is 1.94 bits per heavy atom. The third-order valence-corrected chi connectivity index (χ3v) is 2.91. The summed E-state index contributed by atoms with van der Waals surface area (Å²) in [5, 5.41) is 0. The van der Waals surface area contributed by atoms with Gasteiger partial charge in [0, 0.05) is 11.1 Å². The molecule has 2 aromatic rings. The van der Waals surface area contributed by atoms with Gasteiger partial charge in [-0.05, 0) is 24.6 Å². The second-order valence-electron chi connectivity index (χ2n) is 5.55. The predicted molar refractivity (Wildman–Crippen MR) is 71.8 cm³/mol. The monoisotopic (exact) mass is 247 g/mol. The van der Waals surface area contributed by atoms with Gasteiger partial charge in [0.15, 0.2) is 0 Å². The van der Waals surface area contributed by atoms with Crippen molar-refractivity contribution in [3.05, 3.63) is 28.2 Å². The van der Waals surface area contributed by atoms with Crippen LogP contribution < -0.4 is 11.4 Å². The average molecular weight is 247 g/mol. The van der Waals surface area contributed by atoms with Crippen molar-refractivity contribution in [1.29, 1.82) is 0 Å². The van der Waals surface area contributed by atoms with Gasteiger partial charge in [-0.3, -0.25) is 4.79 Å². The van der Waals surface area contributed by atoms with Crippen molar-refractivity contribution >= 4 is 22.6 Å². The number of aromatic nitrogens is 2. The molecule has 5 heteroatoms. The van der Waals surface area contributed by atoms with Gasteiger partial charge < -0.3 is 10.7 Å². The molecule has 0 aliphatic rings. The molecule has 0 atom stereocenters.